The van der Waals surface area contributed by atoms with Crippen molar-refractivity contribution in [3.63, 3.8) is 0 Å². The van der Waals surface area contributed by atoms with E-state index in [9.17, 15) is 0 Å². The minimum Gasteiger partial charge on any atom is -0.0991 e. The fourth-order valence-electron chi connectivity index (χ4n) is 0.534. The van der Waals surface area contributed by atoms with Crippen LogP contribution in [0.4, 0.5) is 0 Å². The SMILES string of the molecule is C=C/C=C\C(=C\Cl)C(C)C. The zero-order chi connectivity index (χ0) is 7.98. The van der Waals surface area contributed by atoms with E-state index < -0.39 is 0 Å². The predicted octanol–water partition coefficient (Wildman–Crippen LogP) is 3.51. The summed E-state index contributed by atoms with van der Waals surface area (Å²) in [5, 5.41) is 0. The van der Waals surface area contributed by atoms with E-state index in [2.05, 4.69) is 20.4 Å². The standard InChI is InChI=1S/C9H13Cl/c1-4-5-6-9(7-10)8(2)3/h4-8H,1H2,2-3H3/b6-5-,9-7-. The first-order valence-corrected chi connectivity index (χ1v) is 3.75. The van der Waals surface area contributed by atoms with E-state index >= 15 is 0 Å². The second-order valence-corrected chi connectivity index (χ2v) is 2.58. The van der Waals surface area contributed by atoms with Crippen molar-refractivity contribution in [3.8, 4) is 0 Å². The molecule has 0 aromatic carbocycles. The Bertz CT molecular complexity index is 152. The number of halogens is 1. The van der Waals surface area contributed by atoms with E-state index in [1.165, 1.54) is 0 Å². The fourth-order valence-corrected chi connectivity index (χ4v) is 0.859. The van der Waals surface area contributed by atoms with Crippen LogP contribution in [0.5, 0.6) is 0 Å². The lowest BCUT2D eigenvalue weighted by molar-refractivity contribution is 0.794. The summed E-state index contributed by atoms with van der Waals surface area (Å²) in [6.07, 6.45) is 5.58. The van der Waals surface area contributed by atoms with E-state index in [1.54, 1.807) is 11.6 Å². The maximum absolute atomic E-state index is 5.55. The molecule has 0 saturated heterocycles. The first-order chi connectivity index (χ1) is 4.72. The second-order valence-electron chi connectivity index (χ2n) is 2.36. The Kier molecular flexibility index (Phi) is 5.05. The summed E-state index contributed by atoms with van der Waals surface area (Å²) in [5.41, 5.74) is 2.73. The van der Waals surface area contributed by atoms with Crippen LogP contribution in [0.1, 0.15) is 13.8 Å². The van der Waals surface area contributed by atoms with Crippen molar-refractivity contribution >= 4 is 11.6 Å². The largest absolute Gasteiger partial charge is 0.0991 e. The Balaban J connectivity index is 4.10. The zero-order valence-corrected chi connectivity index (χ0v) is 7.23. The van der Waals surface area contributed by atoms with E-state index in [-0.39, 0.29) is 0 Å². The van der Waals surface area contributed by atoms with E-state index in [0.717, 1.165) is 5.57 Å². The van der Waals surface area contributed by atoms with Gasteiger partial charge < -0.3 is 0 Å². The van der Waals surface area contributed by atoms with Gasteiger partial charge in [-0.1, -0.05) is 50.3 Å². The molecule has 0 spiro atoms. The first-order valence-electron chi connectivity index (χ1n) is 3.31. The Labute approximate surface area is 67.9 Å². The highest BCUT2D eigenvalue weighted by molar-refractivity contribution is 6.25. The molecule has 0 aliphatic rings. The van der Waals surface area contributed by atoms with Crippen molar-refractivity contribution in [1.82, 2.24) is 0 Å². The van der Waals surface area contributed by atoms with Crippen LogP contribution in [0.25, 0.3) is 0 Å². The molecule has 0 rings (SSSR count). The highest BCUT2D eigenvalue weighted by Gasteiger charge is 1.95. The quantitative estimate of drug-likeness (QED) is 0.549. The lowest BCUT2D eigenvalue weighted by Crippen LogP contribution is -1.87. The first kappa shape index (κ1) is 9.51. The Morgan fingerprint density at radius 2 is 2.10 bits per heavy atom. The maximum Gasteiger partial charge on any atom is 0.00771 e. The summed E-state index contributed by atoms with van der Waals surface area (Å²) >= 11 is 5.55. The zero-order valence-electron chi connectivity index (χ0n) is 6.47. The van der Waals surface area contributed by atoms with Gasteiger partial charge in [0.2, 0.25) is 0 Å². The Morgan fingerprint density at radius 1 is 1.50 bits per heavy atom. The van der Waals surface area contributed by atoms with E-state index in [1.807, 2.05) is 12.2 Å². The van der Waals surface area contributed by atoms with Crippen molar-refractivity contribution in [2.75, 3.05) is 0 Å². The summed E-state index contributed by atoms with van der Waals surface area (Å²) < 4.78 is 0. The fraction of sp³-hybridized carbons (Fsp3) is 0.333. The van der Waals surface area contributed by atoms with Crippen molar-refractivity contribution in [1.29, 1.82) is 0 Å². The number of allylic oxidation sites excluding steroid dienone is 4. The molecular formula is C9H13Cl. The molecule has 0 nitrogen and oxygen atoms in total. The third-order valence-electron chi connectivity index (χ3n) is 1.22. The van der Waals surface area contributed by atoms with Gasteiger partial charge in [-0.2, -0.15) is 0 Å². The molecule has 56 valence electrons. The van der Waals surface area contributed by atoms with Gasteiger partial charge in [0, 0.05) is 5.54 Å². The summed E-state index contributed by atoms with van der Waals surface area (Å²) in [7, 11) is 0. The van der Waals surface area contributed by atoms with Gasteiger partial charge in [0.25, 0.3) is 0 Å². The third-order valence-corrected chi connectivity index (χ3v) is 1.47. The summed E-state index contributed by atoms with van der Waals surface area (Å²) in [6, 6.07) is 0. The van der Waals surface area contributed by atoms with E-state index in [4.69, 9.17) is 11.6 Å². The molecule has 0 unspecified atom stereocenters. The molecule has 0 atom stereocenters. The van der Waals surface area contributed by atoms with Crippen molar-refractivity contribution in [2.24, 2.45) is 5.92 Å². The van der Waals surface area contributed by atoms with Crippen LogP contribution >= 0.6 is 11.6 Å². The van der Waals surface area contributed by atoms with Gasteiger partial charge in [-0.05, 0) is 11.5 Å². The molecule has 0 aliphatic heterocycles. The maximum atomic E-state index is 5.55. The molecule has 1 heteroatoms. The van der Waals surface area contributed by atoms with Crippen molar-refractivity contribution in [2.45, 2.75) is 13.8 Å². The molecule has 0 aromatic rings. The van der Waals surface area contributed by atoms with Gasteiger partial charge in [-0.15, -0.1) is 0 Å². The van der Waals surface area contributed by atoms with Crippen LogP contribution in [0, 0.1) is 5.92 Å². The Hall–Kier alpha value is -0.490. The molecular weight excluding hydrogens is 144 g/mol. The number of hydrogen-bond donors (Lipinski definition) is 0. The highest BCUT2D eigenvalue weighted by atomic mass is 35.5. The molecule has 0 N–H and O–H groups in total. The lowest BCUT2D eigenvalue weighted by atomic mass is 10.1. The molecule has 0 fully saturated rings. The van der Waals surface area contributed by atoms with Gasteiger partial charge in [0.15, 0.2) is 0 Å². The summed E-state index contributed by atoms with van der Waals surface area (Å²) in [5.74, 6) is 0.480. The van der Waals surface area contributed by atoms with Crippen molar-refractivity contribution < 1.29 is 0 Å². The second kappa shape index (κ2) is 5.31. The van der Waals surface area contributed by atoms with E-state index in [0.29, 0.717) is 5.92 Å². The topological polar surface area (TPSA) is 0 Å². The number of hydrogen-bond acceptors (Lipinski definition) is 0. The third kappa shape index (κ3) is 3.52. The summed E-state index contributed by atoms with van der Waals surface area (Å²) in [6.45, 7) is 7.77. The molecule has 0 saturated carbocycles. The van der Waals surface area contributed by atoms with Crippen LogP contribution in [-0.2, 0) is 0 Å². The molecule has 0 radical (unpaired) electrons. The molecule has 0 heterocycles. The van der Waals surface area contributed by atoms with Crippen LogP contribution in [0.15, 0.2) is 35.9 Å². The smallest absolute Gasteiger partial charge is 0.00771 e. The molecule has 10 heavy (non-hydrogen) atoms. The molecule has 0 aliphatic carbocycles. The normalized spacial score (nSPS) is 13.0. The van der Waals surface area contributed by atoms with Crippen LogP contribution in [-0.4, -0.2) is 0 Å². The molecule has 0 aromatic heterocycles. The minimum absolute atomic E-state index is 0.480. The van der Waals surface area contributed by atoms with Crippen LogP contribution < -0.4 is 0 Å². The predicted molar refractivity (Wildman–Crippen MR) is 48.1 cm³/mol. The average molecular weight is 157 g/mol. The van der Waals surface area contributed by atoms with Gasteiger partial charge in [0.05, 0.1) is 0 Å². The van der Waals surface area contributed by atoms with Crippen LogP contribution in [0.3, 0.4) is 0 Å². The minimum atomic E-state index is 0.480. The average Bonchev–Trinajstić information content (AvgIpc) is 1.89. The monoisotopic (exact) mass is 156 g/mol. The highest BCUT2D eigenvalue weighted by Crippen LogP contribution is 2.11. The number of rotatable bonds is 3. The molecule has 0 amide bonds. The van der Waals surface area contributed by atoms with Gasteiger partial charge >= 0.3 is 0 Å². The van der Waals surface area contributed by atoms with Crippen LogP contribution in [0.2, 0.25) is 0 Å². The van der Waals surface area contributed by atoms with Gasteiger partial charge in [-0.25, -0.2) is 0 Å². The molecule has 0 bridgehead atoms. The summed E-state index contributed by atoms with van der Waals surface area (Å²) in [4.78, 5) is 0. The Morgan fingerprint density at radius 3 is 2.40 bits per heavy atom. The van der Waals surface area contributed by atoms with Gasteiger partial charge in [0.1, 0.15) is 0 Å². The van der Waals surface area contributed by atoms with Gasteiger partial charge in [-0.3, -0.25) is 0 Å². The lowest BCUT2D eigenvalue weighted by Gasteiger charge is -2.02. The van der Waals surface area contributed by atoms with Crippen molar-refractivity contribution in [3.05, 3.63) is 35.9 Å².